The summed E-state index contributed by atoms with van der Waals surface area (Å²) >= 11 is 6.05. The van der Waals surface area contributed by atoms with E-state index in [9.17, 15) is 18.3 Å². The third kappa shape index (κ3) is 6.35. The summed E-state index contributed by atoms with van der Waals surface area (Å²) in [6, 6.07) is 13.4. The Labute approximate surface area is 163 Å². The van der Waals surface area contributed by atoms with Gasteiger partial charge in [-0.1, -0.05) is 35.9 Å². The molecule has 2 aromatic rings. The lowest BCUT2D eigenvalue weighted by Gasteiger charge is -2.08. The van der Waals surface area contributed by atoms with Gasteiger partial charge in [0.1, 0.15) is 0 Å². The molecule has 0 saturated heterocycles. The van der Waals surface area contributed by atoms with Crippen LogP contribution in [-0.4, -0.2) is 26.6 Å². The van der Waals surface area contributed by atoms with Crippen molar-refractivity contribution >= 4 is 39.0 Å². The van der Waals surface area contributed by atoms with Crippen molar-refractivity contribution in [3.8, 4) is 0 Å². The Balaban J connectivity index is 2.02. The second-order valence-corrected chi connectivity index (χ2v) is 7.86. The van der Waals surface area contributed by atoms with Gasteiger partial charge in [0.2, 0.25) is 10.0 Å². The minimum Gasteiger partial charge on any atom is -0.550 e. The summed E-state index contributed by atoms with van der Waals surface area (Å²) in [6.45, 7) is 1.81. The van der Waals surface area contributed by atoms with Crippen molar-refractivity contribution in [2.75, 3.05) is 12.0 Å². The SMILES string of the molecule is C/C(=N/Nc1ccccc1Cl)c1ccc(S(=O)(=O)NCCCC(=O)[O-])cc1. The quantitative estimate of drug-likeness (QED) is 0.374. The molecule has 2 aromatic carbocycles. The van der Waals surface area contributed by atoms with Gasteiger partial charge >= 0.3 is 0 Å². The molecular formula is C18H19ClN3O4S-. The fourth-order valence-electron chi connectivity index (χ4n) is 2.16. The van der Waals surface area contributed by atoms with Crippen LogP contribution in [-0.2, 0) is 14.8 Å². The summed E-state index contributed by atoms with van der Waals surface area (Å²) in [5.41, 5.74) is 4.93. The zero-order valence-corrected chi connectivity index (χ0v) is 16.2. The number of aliphatic carboxylic acids is 1. The monoisotopic (exact) mass is 408 g/mol. The van der Waals surface area contributed by atoms with Crippen LogP contribution in [0.15, 0.2) is 58.5 Å². The molecule has 0 amide bonds. The van der Waals surface area contributed by atoms with Crippen molar-refractivity contribution in [3.63, 3.8) is 0 Å². The van der Waals surface area contributed by atoms with Gasteiger partial charge in [-0.15, -0.1) is 0 Å². The number of hydrazone groups is 1. The smallest absolute Gasteiger partial charge is 0.240 e. The fourth-order valence-corrected chi connectivity index (χ4v) is 3.41. The molecule has 0 aromatic heterocycles. The van der Waals surface area contributed by atoms with Gasteiger partial charge < -0.3 is 9.90 Å². The van der Waals surface area contributed by atoms with E-state index in [4.69, 9.17) is 11.6 Å². The molecule has 0 aliphatic heterocycles. The molecule has 0 saturated carbocycles. The van der Waals surface area contributed by atoms with Crippen LogP contribution in [0.4, 0.5) is 5.69 Å². The van der Waals surface area contributed by atoms with Crippen molar-refractivity contribution in [1.29, 1.82) is 0 Å². The number of benzene rings is 2. The van der Waals surface area contributed by atoms with Crippen LogP contribution >= 0.6 is 11.6 Å². The minimum atomic E-state index is -3.70. The minimum absolute atomic E-state index is 0.0281. The van der Waals surface area contributed by atoms with Crippen LogP contribution in [0.5, 0.6) is 0 Å². The Kier molecular flexibility index (Phi) is 7.35. The molecule has 2 N–H and O–H groups in total. The number of para-hydroxylation sites is 1. The number of anilines is 1. The molecule has 0 bridgehead atoms. The maximum absolute atomic E-state index is 12.2. The number of carbonyl (C=O) groups excluding carboxylic acids is 1. The highest BCUT2D eigenvalue weighted by molar-refractivity contribution is 7.89. The van der Waals surface area contributed by atoms with Gasteiger partial charge in [-0.05, 0) is 49.6 Å². The number of halogens is 1. The molecule has 0 unspecified atom stereocenters. The number of rotatable bonds is 9. The maximum atomic E-state index is 12.2. The summed E-state index contributed by atoms with van der Waals surface area (Å²) in [5.74, 6) is -1.21. The summed E-state index contributed by atoms with van der Waals surface area (Å²) in [4.78, 5) is 10.4. The molecule has 27 heavy (non-hydrogen) atoms. The van der Waals surface area contributed by atoms with Crippen LogP contribution in [0.2, 0.25) is 5.02 Å². The first-order valence-corrected chi connectivity index (χ1v) is 10.0. The molecule has 0 atom stereocenters. The number of carboxylic acid groups (broad SMARTS) is 1. The van der Waals surface area contributed by atoms with Crippen LogP contribution in [0.25, 0.3) is 0 Å². The van der Waals surface area contributed by atoms with E-state index >= 15 is 0 Å². The second-order valence-electron chi connectivity index (χ2n) is 5.69. The second kappa shape index (κ2) is 9.50. The van der Waals surface area contributed by atoms with Gasteiger partial charge in [0.05, 0.1) is 21.3 Å². The predicted molar refractivity (Wildman–Crippen MR) is 103 cm³/mol. The maximum Gasteiger partial charge on any atom is 0.240 e. The lowest BCUT2D eigenvalue weighted by atomic mass is 10.1. The van der Waals surface area contributed by atoms with Gasteiger partial charge in [0.15, 0.2) is 0 Å². The van der Waals surface area contributed by atoms with E-state index in [1.165, 1.54) is 12.1 Å². The van der Waals surface area contributed by atoms with Gasteiger partial charge in [0.25, 0.3) is 0 Å². The van der Waals surface area contributed by atoms with Crippen molar-refractivity contribution in [1.82, 2.24) is 4.72 Å². The number of sulfonamides is 1. The third-order valence-electron chi connectivity index (χ3n) is 3.65. The summed E-state index contributed by atoms with van der Waals surface area (Å²) in [7, 11) is -3.70. The zero-order valence-electron chi connectivity index (χ0n) is 14.6. The van der Waals surface area contributed by atoms with Gasteiger partial charge in [0, 0.05) is 12.5 Å². The molecule has 0 fully saturated rings. The average molecular weight is 409 g/mol. The first kappa shape index (κ1) is 20.9. The van der Waals surface area contributed by atoms with E-state index < -0.39 is 16.0 Å². The topological polar surface area (TPSA) is 111 Å². The molecule has 2 rings (SSSR count). The average Bonchev–Trinajstić information content (AvgIpc) is 2.64. The standard InChI is InChI=1S/C18H20ClN3O4S/c1-13(21-22-17-6-3-2-5-16(17)19)14-8-10-15(11-9-14)27(25,26)20-12-4-7-18(23)24/h2-3,5-6,8-11,20,22H,4,7,12H2,1H3,(H,23,24)/p-1/b21-13-. The normalized spacial score (nSPS) is 12.0. The van der Waals surface area contributed by atoms with Gasteiger partial charge in [-0.2, -0.15) is 5.10 Å². The highest BCUT2D eigenvalue weighted by atomic mass is 35.5. The molecule has 144 valence electrons. The van der Waals surface area contributed by atoms with Crippen molar-refractivity contribution in [2.24, 2.45) is 5.10 Å². The van der Waals surface area contributed by atoms with Crippen molar-refractivity contribution in [3.05, 3.63) is 59.1 Å². The number of carboxylic acids is 1. The number of hydrogen-bond donors (Lipinski definition) is 2. The summed E-state index contributed by atoms with van der Waals surface area (Å²) < 4.78 is 26.7. The van der Waals surface area contributed by atoms with E-state index in [0.717, 1.165) is 5.56 Å². The molecule has 0 aliphatic carbocycles. The molecule has 0 aliphatic rings. The number of nitrogens with one attached hydrogen (secondary N) is 2. The van der Waals surface area contributed by atoms with E-state index in [1.807, 2.05) is 12.1 Å². The zero-order chi connectivity index (χ0) is 19.9. The first-order chi connectivity index (χ1) is 12.8. The van der Waals surface area contributed by atoms with E-state index in [2.05, 4.69) is 15.2 Å². The molecular weight excluding hydrogens is 390 g/mol. The Morgan fingerprint density at radius 3 is 2.44 bits per heavy atom. The van der Waals surface area contributed by atoms with Crippen molar-refractivity contribution < 1.29 is 18.3 Å². The largest absolute Gasteiger partial charge is 0.550 e. The molecule has 7 nitrogen and oxygen atoms in total. The van der Waals surface area contributed by atoms with Crippen LogP contribution in [0.1, 0.15) is 25.3 Å². The molecule has 0 spiro atoms. The fraction of sp³-hybridized carbons (Fsp3) is 0.222. The number of hydrogen-bond acceptors (Lipinski definition) is 6. The lowest BCUT2D eigenvalue weighted by Crippen LogP contribution is -2.27. The lowest BCUT2D eigenvalue weighted by molar-refractivity contribution is -0.305. The van der Waals surface area contributed by atoms with Crippen molar-refractivity contribution in [2.45, 2.75) is 24.7 Å². The predicted octanol–water partition coefficient (Wildman–Crippen LogP) is 1.98. The number of carbonyl (C=O) groups is 1. The van der Waals surface area contributed by atoms with E-state index in [0.29, 0.717) is 16.4 Å². The van der Waals surface area contributed by atoms with Crippen LogP contribution in [0.3, 0.4) is 0 Å². The molecule has 9 heteroatoms. The van der Waals surface area contributed by atoms with Crippen LogP contribution in [0, 0.1) is 0 Å². The Morgan fingerprint density at radius 1 is 1.15 bits per heavy atom. The first-order valence-electron chi connectivity index (χ1n) is 8.14. The Hall–Kier alpha value is -2.42. The summed E-state index contributed by atoms with van der Waals surface area (Å²) in [5, 5.41) is 15.1. The van der Waals surface area contributed by atoms with E-state index in [-0.39, 0.29) is 24.3 Å². The highest BCUT2D eigenvalue weighted by Gasteiger charge is 2.13. The number of nitrogens with zero attached hydrogens (tertiary/aromatic N) is 1. The molecule has 0 radical (unpaired) electrons. The van der Waals surface area contributed by atoms with Gasteiger partial charge in [-0.25, -0.2) is 13.1 Å². The Morgan fingerprint density at radius 2 is 1.81 bits per heavy atom. The molecule has 0 heterocycles. The summed E-state index contributed by atoms with van der Waals surface area (Å²) in [6.07, 6.45) is -0.0331. The van der Waals surface area contributed by atoms with Gasteiger partial charge in [-0.3, -0.25) is 5.43 Å². The Bertz CT molecular complexity index is 928. The highest BCUT2D eigenvalue weighted by Crippen LogP contribution is 2.20. The third-order valence-corrected chi connectivity index (χ3v) is 5.46. The van der Waals surface area contributed by atoms with Crippen LogP contribution < -0.4 is 15.3 Å². The van der Waals surface area contributed by atoms with E-state index in [1.54, 1.807) is 31.2 Å².